The molecule has 3 nitrogen and oxygen atoms in total. The third-order valence-corrected chi connectivity index (χ3v) is 2.45. The molecule has 0 aliphatic rings. The van der Waals surface area contributed by atoms with Gasteiger partial charge in [0.25, 0.3) is 0 Å². The summed E-state index contributed by atoms with van der Waals surface area (Å²) in [7, 11) is 0. The van der Waals surface area contributed by atoms with Gasteiger partial charge in [-0.1, -0.05) is 18.2 Å². The van der Waals surface area contributed by atoms with Crippen molar-refractivity contribution in [1.82, 2.24) is 0 Å². The van der Waals surface area contributed by atoms with Crippen molar-refractivity contribution < 1.29 is 18.7 Å². The molecule has 0 amide bonds. The summed E-state index contributed by atoms with van der Waals surface area (Å²) in [5.74, 6) is -2.19. The largest absolute Gasteiger partial charge is 0.465 e. The summed E-state index contributed by atoms with van der Waals surface area (Å²) in [5, 5.41) is 0. The summed E-state index contributed by atoms with van der Waals surface area (Å²) in [4.78, 5) is 23.0. The van der Waals surface area contributed by atoms with Crippen LogP contribution in [0.5, 0.6) is 0 Å². The molecule has 1 atom stereocenters. The Morgan fingerprint density at radius 1 is 1.35 bits per heavy atom. The van der Waals surface area contributed by atoms with E-state index in [2.05, 4.69) is 0 Å². The molecule has 17 heavy (non-hydrogen) atoms. The molecular weight excluding hydrogens is 223 g/mol. The number of halogens is 1. The quantitative estimate of drug-likeness (QED) is 0.583. The fraction of sp³-hybridized carbons (Fsp3) is 0.385. The first kappa shape index (κ1) is 13.4. The van der Waals surface area contributed by atoms with E-state index >= 15 is 0 Å². The van der Waals surface area contributed by atoms with E-state index in [0.717, 1.165) is 0 Å². The van der Waals surface area contributed by atoms with Gasteiger partial charge in [-0.2, -0.15) is 0 Å². The lowest BCUT2D eigenvalue weighted by atomic mass is 9.99. The second-order valence-corrected chi connectivity index (χ2v) is 3.71. The number of ketones is 1. The Hall–Kier alpha value is -1.71. The minimum Gasteiger partial charge on any atom is -0.465 e. The van der Waals surface area contributed by atoms with Gasteiger partial charge in [-0.15, -0.1) is 0 Å². The molecule has 0 bridgehead atoms. The van der Waals surface area contributed by atoms with Crippen LogP contribution in [0.3, 0.4) is 0 Å². The van der Waals surface area contributed by atoms with Crippen LogP contribution in [-0.2, 0) is 20.7 Å². The maximum absolute atomic E-state index is 13.3. The summed E-state index contributed by atoms with van der Waals surface area (Å²) in [5.41, 5.74) is 0.300. The third kappa shape index (κ3) is 3.66. The summed E-state index contributed by atoms with van der Waals surface area (Å²) in [6, 6.07) is 6.03. The van der Waals surface area contributed by atoms with Crippen LogP contribution < -0.4 is 0 Å². The average Bonchev–Trinajstić information content (AvgIpc) is 2.31. The van der Waals surface area contributed by atoms with E-state index in [1.54, 1.807) is 19.1 Å². The van der Waals surface area contributed by atoms with Gasteiger partial charge in [-0.3, -0.25) is 9.59 Å². The van der Waals surface area contributed by atoms with Crippen molar-refractivity contribution in [3.8, 4) is 0 Å². The van der Waals surface area contributed by atoms with Crippen molar-refractivity contribution in [3.63, 3.8) is 0 Å². The zero-order valence-corrected chi connectivity index (χ0v) is 9.90. The van der Waals surface area contributed by atoms with Crippen LogP contribution in [0.1, 0.15) is 19.4 Å². The summed E-state index contributed by atoms with van der Waals surface area (Å²) in [6.07, 6.45) is -0.0906. The van der Waals surface area contributed by atoms with Crippen molar-refractivity contribution in [3.05, 3.63) is 35.6 Å². The van der Waals surface area contributed by atoms with Crippen molar-refractivity contribution in [2.24, 2.45) is 5.92 Å². The molecule has 0 N–H and O–H groups in total. The van der Waals surface area contributed by atoms with E-state index < -0.39 is 17.7 Å². The van der Waals surface area contributed by atoms with Crippen molar-refractivity contribution in [2.75, 3.05) is 6.61 Å². The van der Waals surface area contributed by atoms with E-state index in [9.17, 15) is 14.0 Å². The van der Waals surface area contributed by atoms with Crippen molar-refractivity contribution >= 4 is 11.8 Å². The lowest BCUT2D eigenvalue weighted by molar-refractivity contribution is -0.150. The number of Topliss-reactive ketones (excluding diaryl/α,β-unsaturated/α-hetero) is 1. The number of carbonyl (C=O) groups is 2. The molecule has 0 heterocycles. The van der Waals surface area contributed by atoms with Gasteiger partial charge in [0.1, 0.15) is 11.7 Å². The number of esters is 1. The molecule has 0 aromatic heterocycles. The normalized spacial score (nSPS) is 11.9. The van der Waals surface area contributed by atoms with Crippen LogP contribution in [0.4, 0.5) is 4.39 Å². The van der Waals surface area contributed by atoms with Crippen molar-refractivity contribution in [2.45, 2.75) is 20.3 Å². The Morgan fingerprint density at radius 3 is 2.59 bits per heavy atom. The molecule has 92 valence electrons. The Morgan fingerprint density at radius 2 is 2.00 bits per heavy atom. The predicted molar refractivity (Wildman–Crippen MR) is 60.9 cm³/mol. The smallest absolute Gasteiger partial charge is 0.316 e. The van der Waals surface area contributed by atoms with E-state index in [0.29, 0.717) is 5.56 Å². The first-order valence-electron chi connectivity index (χ1n) is 5.49. The molecule has 0 radical (unpaired) electrons. The lowest BCUT2D eigenvalue weighted by Gasteiger charge is -2.09. The number of ether oxygens (including phenoxy) is 1. The number of rotatable bonds is 5. The zero-order valence-electron chi connectivity index (χ0n) is 9.90. The summed E-state index contributed by atoms with van der Waals surface area (Å²) in [6.45, 7) is 3.38. The minimum absolute atomic E-state index is 0.0906. The molecule has 0 unspecified atom stereocenters. The highest BCUT2D eigenvalue weighted by Crippen LogP contribution is 2.11. The standard InChI is InChI=1S/C13H15FO3/c1-3-17-13(16)9(2)12(15)8-10-6-4-5-7-11(10)14/h4-7,9H,3,8H2,1-2H3/t9-/m0/s1. The van der Waals surface area contributed by atoms with E-state index in [4.69, 9.17) is 4.74 Å². The third-order valence-electron chi connectivity index (χ3n) is 2.45. The molecule has 0 saturated carbocycles. The fourth-order valence-electron chi connectivity index (χ4n) is 1.38. The van der Waals surface area contributed by atoms with Crippen LogP contribution in [-0.4, -0.2) is 18.4 Å². The molecule has 1 aromatic rings. The monoisotopic (exact) mass is 238 g/mol. The molecule has 0 spiro atoms. The molecule has 4 heteroatoms. The highest BCUT2D eigenvalue weighted by Gasteiger charge is 2.23. The number of benzene rings is 1. The zero-order chi connectivity index (χ0) is 12.8. The first-order valence-corrected chi connectivity index (χ1v) is 5.49. The van der Waals surface area contributed by atoms with Crippen LogP contribution >= 0.6 is 0 Å². The van der Waals surface area contributed by atoms with Gasteiger partial charge >= 0.3 is 5.97 Å². The Balaban J connectivity index is 2.67. The molecule has 0 aliphatic carbocycles. The van der Waals surface area contributed by atoms with Crippen molar-refractivity contribution in [1.29, 1.82) is 0 Å². The molecule has 1 aromatic carbocycles. The van der Waals surface area contributed by atoms with Gasteiger partial charge in [-0.05, 0) is 25.5 Å². The van der Waals surface area contributed by atoms with Gasteiger partial charge < -0.3 is 4.74 Å². The second kappa shape index (κ2) is 6.13. The summed E-state index contributed by atoms with van der Waals surface area (Å²) >= 11 is 0. The molecule has 0 saturated heterocycles. The van der Waals surface area contributed by atoms with Gasteiger partial charge in [-0.25, -0.2) is 4.39 Å². The molecule has 0 fully saturated rings. The van der Waals surface area contributed by atoms with Gasteiger partial charge in [0.15, 0.2) is 5.78 Å². The van der Waals surface area contributed by atoms with Gasteiger partial charge in [0.05, 0.1) is 6.61 Å². The van der Waals surface area contributed by atoms with Gasteiger partial charge in [0, 0.05) is 6.42 Å². The SMILES string of the molecule is CCOC(=O)[C@@H](C)C(=O)Cc1ccccc1F. The first-order chi connectivity index (χ1) is 8.06. The predicted octanol–water partition coefficient (Wildman–Crippen LogP) is 2.14. The van der Waals surface area contributed by atoms with Crippen LogP contribution in [0.2, 0.25) is 0 Å². The van der Waals surface area contributed by atoms with Gasteiger partial charge in [0.2, 0.25) is 0 Å². The fourth-order valence-corrected chi connectivity index (χ4v) is 1.38. The lowest BCUT2D eigenvalue weighted by Crippen LogP contribution is -2.25. The summed E-state index contributed by atoms with van der Waals surface area (Å²) < 4.78 is 18.0. The maximum atomic E-state index is 13.3. The Bertz CT molecular complexity index is 415. The number of hydrogen-bond donors (Lipinski definition) is 0. The molecule has 1 rings (SSSR count). The van der Waals surface area contributed by atoms with Crippen LogP contribution in [0.25, 0.3) is 0 Å². The van der Waals surface area contributed by atoms with E-state index in [1.165, 1.54) is 19.1 Å². The second-order valence-electron chi connectivity index (χ2n) is 3.71. The van der Waals surface area contributed by atoms with E-state index in [-0.39, 0.29) is 18.8 Å². The average molecular weight is 238 g/mol. The number of hydrogen-bond acceptors (Lipinski definition) is 3. The Labute approximate surface area is 99.6 Å². The molecular formula is C13H15FO3. The Kier molecular flexibility index (Phi) is 4.82. The number of carbonyl (C=O) groups excluding carboxylic acids is 2. The topological polar surface area (TPSA) is 43.4 Å². The van der Waals surface area contributed by atoms with Crippen LogP contribution in [0, 0.1) is 11.7 Å². The van der Waals surface area contributed by atoms with E-state index in [1.807, 2.05) is 0 Å². The minimum atomic E-state index is -0.852. The highest BCUT2D eigenvalue weighted by atomic mass is 19.1. The highest BCUT2D eigenvalue weighted by molar-refractivity contribution is 5.99. The van der Waals surface area contributed by atoms with Crippen LogP contribution in [0.15, 0.2) is 24.3 Å². The maximum Gasteiger partial charge on any atom is 0.316 e. The molecule has 0 aliphatic heterocycles.